The van der Waals surface area contributed by atoms with Gasteiger partial charge < -0.3 is 16.0 Å². The molecule has 4 rings (SSSR count). The van der Waals surface area contributed by atoms with Crippen LogP contribution in [0.2, 0.25) is 0 Å². The Balaban J connectivity index is 1.74. The van der Waals surface area contributed by atoms with Crippen LogP contribution in [0, 0.1) is 0 Å². The molecule has 0 saturated carbocycles. The number of rotatable bonds is 2. The molecule has 1 aliphatic rings. The predicted molar refractivity (Wildman–Crippen MR) is 101 cm³/mol. The molecule has 0 atom stereocenters. The summed E-state index contributed by atoms with van der Waals surface area (Å²) < 4.78 is 0. The van der Waals surface area contributed by atoms with Gasteiger partial charge in [0.25, 0.3) is 5.91 Å². The quantitative estimate of drug-likeness (QED) is 0.707. The van der Waals surface area contributed by atoms with Gasteiger partial charge in [0, 0.05) is 36.1 Å². The van der Waals surface area contributed by atoms with Crippen LogP contribution < -0.4 is 16.0 Å². The SMILES string of the molecule is Nc1ccc(-c2cnc3c(c2)N(C(=O)c2ccccc2)CCN3)cc1. The highest BCUT2D eigenvalue weighted by atomic mass is 16.2. The van der Waals surface area contributed by atoms with Crippen molar-refractivity contribution < 1.29 is 4.79 Å². The van der Waals surface area contributed by atoms with Crippen LogP contribution in [-0.2, 0) is 0 Å². The Bertz CT molecular complexity index is 907. The summed E-state index contributed by atoms with van der Waals surface area (Å²) in [6.07, 6.45) is 1.81. The van der Waals surface area contributed by atoms with E-state index < -0.39 is 0 Å². The summed E-state index contributed by atoms with van der Waals surface area (Å²) in [4.78, 5) is 19.2. The Morgan fingerprint density at radius 2 is 1.80 bits per heavy atom. The number of aromatic nitrogens is 1. The van der Waals surface area contributed by atoms with E-state index in [4.69, 9.17) is 5.73 Å². The number of hydrogen-bond acceptors (Lipinski definition) is 4. The average molecular weight is 330 g/mol. The highest BCUT2D eigenvalue weighted by molar-refractivity contribution is 6.08. The lowest BCUT2D eigenvalue weighted by Gasteiger charge is -2.30. The van der Waals surface area contributed by atoms with Crippen LogP contribution in [0.1, 0.15) is 10.4 Å². The largest absolute Gasteiger partial charge is 0.399 e. The van der Waals surface area contributed by atoms with Crippen LogP contribution in [0.15, 0.2) is 66.9 Å². The lowest BCUT2D eigenvalue weighted by molar-refractivity contribution is 0.0987. The highest BCUT2D eigenvalue weighted by Crippen LogP contribution is 2.32. The molecule has 1 aromatic heterocycles. The van der Waals surface area contributed by atoms with Gasteiger partial charge in [-0.05, 0) is 35.9 Å². The number of hydrogen-bond donors (Lipinski definition) is 2. The number of amides is 1. The molecule has 0 fully saturated rings. The summed E-state index contributed by atoms with van der Waals surface area (Å²) in [5, 5.41) is 3.26. The predicted octanol–water partition coefficient (Wildman–Crippen LogP) is 3.40. The maximum Gasteiger partial charge on any atom is 0.258 e. The fourth-order valence-electron chi connectivity index (χ4n) is 2.98. The van der Waals surface area contributed by atoms with E-state index in [0.29, 0.717) is 18.7 Å². The van der Waals surface area contributed by atoms with Crippen LogP contribution in [0.4, 0.5) is 17.2 Å². The first-order chi connectivity index (χ1) is 12.2. The molecule has 25 heavy (non-hydrogen) atoms. The van der Waals surface area contributed by atoms with Crippen molar-refractivity contribution in [2.45, 2.75) is 0 Å². The number of fused-ring (bicyclic) bond motifs is 1. The third-order valence-corrected chi connectivity index (χ3v) is 4.30. The number of nitrogens with one attached hydrogen (secondary N) is 1. The number of pyridine rings is 1. The fraction of sp³-hybridized carbons (Fsp3) is 0.100. The Kier molecular flexibility index (Phi) is 3.82. The molecule has 0 radical (unpaired) electrons. The molecular formula is C20H18N4O. The van der Waals surface area contributed by atoms with E-state index in [-0.39, 0.29) is 5.91 Å². The van der Waals surface area contributed by atoms with E-state index in [0.717, 1.165) is 28.3 Å². The first kappa shape index (κ1) is 15.2. The monoisotopic (exact) mass is 330 g/mol. The van der Waals surface area contributed by atoms with Crippen LogP contribution in [0.3, 0.4) is 0 Å². The van der Waals surface area contributed by atoms with Crippen molar-refractivity contribution in [1.82, 2.24) is 4.98 Å². The Morgan fingerprint density at radius 3 is 2.56 bits per heavy atom. The third kappa shape index (κ3) is 2.92. The zero-order valence-electron chi connectivity index (χ0n) is 13.6. The molecule has 0 bridgehead atoms. The van der Waals surface area contributed by atoms with Crippen LogP contribution in [0.25, 0.3) is 11.1 Å². The van der Waals surface area contributed by atoms with Crippen LogP contribution in [-0.4, -0.2) is 24.0 Å². The van der Waals surface area contributed by atoms with Gasteiger partial charge in [-0.1, -0.05) is 30.3 Å². The molecular weight excluding hydrogens is 312 g/mol. The molecule has 2 heterocycles. The van der Waals surface area contributed by atoms with E-state index in [2.05, 4.69) is 10.3 Å². The van der Waals surface area contributed by atoms with Crippen molar-refractivity contribution in [1.29, 1.82) is 0 Å². The van der Waals surface area contributed by atoms with Gasteiger partial charge in [0.05, 0.1) is 5.69 Å². The van der Waals surface area contributed by atoms with E-state index in [1.807, 2.05) is 66.9 Å². The number of nitrogen functional groups attached to an aromatic ring is 1. The van der Waals surface area contributed by atoms with Gasteiger partial charge in [0.1, 0.15) is 5.82 Å². The lowest BCUT2D eigenvalue weighted by Crippen LogP contribution is -2.39. The molecule has 2 aromatic carbocycles. The molecule has 0 aliphatic carbocycles. The Labute approximate surface area is 146 Å². The molecule has 5 heteroatoms. The number of anilines is 3. The summed E-state index contributed by atoms with van der Waals surface area (Å²) in [5.41, 5.74) is 9.93. The molecule has 5 nitrogen and oxygen atoms in total. The Hall–Kier alpha value is -3.34. The van der Waals surface area contributed by atoms with E-state index >= 15 is 0 Å². The molecule has 0 unspecified atom stereocenters. The maximum absolute atomic E-state index is 12.9. The highest BCUT2D eigenvalue weighted by Gasteiger charge is 2.24. The molecule has 3 N–H and O–H groups in total. The normalized spacial score (nSPS) is 13.0. The lowest BCUT2D eigenvalue weighted by atomic mass is 10.1. The number of carbonyl (C=O) groups excluding carboxylic acids is 1. The van der Waals surface area contributed by atoms with Crippen molar-refractivity contribution in [3.8, 4) is 11.1 Å². The summed E-state index contributed by atoms with van der Waals surface area (Å²) in [7, 11) is 0. The van der Waals surface area contributed by atoms with E-state index in [1.54, 1.807) is 4.90 Å². The minimum atomic E-state index is -0.0143. The number of benzene rings is 2. The van der Waals surface area contributed by atoms with Gasteiger partial charge >= 0.3 is 0 Å². The fourth-order valence-corrected chi connectivity index (χ4v) is 2.98. The Morgan fingerprint density at radius 1 is 1.04 bits per heavy atom. The second kappa shape index (κ2) is 6.28. The minimum Gasteiger partial charge on any atom is -0.399 e. The summed E-state index contributed by atoms with van der Waals surface area (Å²) in [6, 6.07) is 19.0. The van der Waals surface area contributed by atoms with Crippen LogP contribution in [0.5, 0.6) is 0 Å². The van der Waals surface area contributed by atoms with Crippen molar-refractivity contribution in [3.63, 3.8) is 0 Å². The summed E-state index contributed by atoms with van der Waals surface area (Å²) >= 11 is 0. The maximum atomic E-state index is 12.9. The topological polar surface area (TPSA) is 71.2 Å². The molecule has 0 spiro atoms. The molecule has 3 aromatic rings. The van der Waals surface area contributed by atoms with Crippen molar-refractivity contribution >= 4 is 23.1 Å². The zero-order valence-corrected chi connectivity index (χ0v) is 13.6. The van der Waals surface area contributed by atoms with Crippen molar-refractivity contribution in [3.05, 3.63) is 72.4 Å². The molecule has 0 saturated heterocycles. The summed E-state index contributed by atoms with van der Waals surface area (Å²) in [5.74, 6) is 0.717. The van der Waals surface area contributed by atoms with E-state index in [9.17, 15) is 4.79 Å². The first-order valence-electron chi connectivity index (χ1n) is 8.19. The molecule has 1 aliphatic heterocycles. The number of carbonyl (C=O) groups is 1. The number of nitrogens with zero attached hydrogens (tertiary/aromatic N) is 2. The second-order valence-corrected chi connectivity index (χ2v) is 5.96. The van der Waals surface area contributed by atoms with Crippen molar-refractivity contribution in [2.75, 3.05) is 29.0 Å². The van der Waals surface area contributed by atoms with Gasteiger partial charge in [-0.3, -0.25) is 4.79 Å². The smallest absolute Gasteiger partial charge is 0.258 e. The third-order valence-electron chi connectivity index (χ3n) is 4.30. The molecule has 124 valence electrons. The van der Waals surface area contributed by atoms with Crippen molar-refractivity contribution in [2.24, 2.45) is 0 Å². The van der Waals surface area contributed by atoms with Gasteiger partial charge in [0.2, 0.25) is 0 Å². The summed E-state index contributed by atoms with van der Waals surface area (Å²) in [6.45, 7) is 1.29. The van der Waals surface area contributed by atoms with Gasteiger partial charge in [-0.2, -0.15) is 0 Å². The second-order valence-electron chi connectivity index (χ2n) is 5.96. The average Bonchev–Trinajstić information content (AvgIpc) is 2.68. The van der Waals surface area contributed by atoms with Crippen LogP contribution >= 0.6 is 0 Å². The van der Waals surface area contributed by atoms with Gasteiger partial charge in [-0.15, -0.1) is 0 Å². The standard InChI is InChI=1S/C20H18N4O/c21-17-8-6-14(7-9-17)16-12-18-19(23-13-16)22-10-11-24(18)20(25)15-4-2-1-3-5-15/h1-9,12-13H,10-11,21H2,(H,22,23). The zero-order chi connectivity index (χ0) is 17.2. The first-order valence-corrected chi connectivity index (χ1v) is 8.19. The van der Waals surface area contributed by atoms with Gasteiger partial charge in [-0.25, -0.2) is 4.98 Å². The number of nitrogens with two attached hydrogens (primary N) is 1. The molecule has 1 amide bonds. The minimum absolute atomic E-state index is 0.0143. The van der Waals surface area contributed by atoms with E-state index in [1.165, 1.54) is 0 Å². The van der Waals surface area contributed by atoms with Gasteiger partial charge in [0.15, 0.2) is 0 Å².